The molecule has 0 fully saturated rings. The van der Waals surface area contributed by atoms with Crippen LogP contribution in [0.3, 0.4) is 0 Å². The maximum absolute atomic E-state index is 14.5. The fourth-order valence-electron chi connectivity index (χ4n) is 2.70. The highest BCUT2D eigenvalue weighted by molar-refractivity contribution is 5.88. The van der Waals surface area contributed by atoms with Crippen molar-refractivity contribution in [3.8, 4) is 16.9 Å². The fraction of sp³-hybridized carbons (Fsp3) is 0.100. The summed E-state index contributed by atoms with van der Waals surface area (Å²) in [6.45, 7) is 0. The van der Waals surface area contributed by atoms with Gasteiger partial charge in [0.1, 0.15) is 11.6 Å². The van der Waals surface area contributed by atoms with Crippen LogP contribution in [-0.4, -0.2) is 22.4 Å². The van der Waals surface area contributed by atoms with Crippen molar-refractivity contribution >= 4 is 5.97 Å². The Kier molecular flexibility index (Phi) is 5.30. The van der Waals surface area contributed by atoms with E-state index in [0.717, 1.165) is 12.1 Å². The zero-order valence-corrected chi connectivity index (χ0v) is 14.2. The van der Waals surface area contributed by atoms with Crippen LogP contribution in [0.4, 0.5) is 17.6 Å². The predicted molar refractivity (Wildman–Crippen MR) is 92.5 cm³/mol. The van der Waals surface area contributed by atoms with Gasteiger partial charge in [-0.1, -0.05) is 24.3 Å². The lowest BCUT2D eigenvalue weighted by Gasteiger charge is -2.11. The minimum absolute atomic E-state index is 0.0250. The maximum atomic E-state index is 14.5. The number of aromatic carboxylic acids is 1. The average molecular weight is 391 g/mol. The standard InChI is InChI=1S/C20H13F4NO3/c21-17-10-13(12-3-1-4-15(9-12)28-20(22,23)24)6-7-14(17)11-18-16(19(26)27)5-2-8-25-18/h1-10H,11H2,(H,26,27). The number of carbonyl (C=O) groups is 1. The molecule has 3 rings (SSSR count). The predicted octanol–water partition coefficient (Wildman–Crippen LogP) is 5.08. The van der Waals surface area contributed by atoms with Gasteiger partial charge in [0.15, 0.2) is 0 Å². The molecule has 1 aromatic heterocycles. The average Bonchev–Trinajstić information content (AvgIpc) is 2.62. The van der Waals surface area contributed by atoms with E-state index in [2.05, 4.69) is 9.72 Å². The van der Waals surface area contributed by atoms with Crippen LogP contribution < -0.4 is 4.74 Å². The fourth-order valence-corrected chi connectivity index (χ4v) is 2.70. The molecule has 144 valence electrons. The van der Waals surface area contributed by atoms with E-state index in [1.807, 2.05) is 0 Å². The first-order valence-corrected chi connectivity index (χ1v) is 8.05. The number of hydrogen-bond donors (Lipinski definition) is 1. The van der Waals surface area contributed by atoms with Crippen LogP contribution in [0, 0.1) is 5.82 Å². The molecule has 0 radical (unpaired) electrons. The van der Waals surface area contributed by atoms with E-state index in [1.165, 1.54) is 48.7 Å². The van der Waals surface area contributed by atoms with E-state index in [9.17, 15) is 27.5 Å². The van der Waals surface area contributed by atoms with Crippen molar-refractivity contribution in [1.82, 2.24) is 4.98 Å². The number of rotatable bonds is 5. The monoisotopic (exact) mass is 391 g/mol. The van der Waals surface area contributed by atoms with Crippen molar-refractivity contribution < 1.29 is 32.2 Å². The Morgan fingerprint density at radius 3 is 2.46 bits per heavy atom. The van der Waals surface area contributed by atoms with Gasteiger partial charge in [0.25, 0.3) is 0 Å². The highest BCUT2D eigenvalue weighted by Gasteiger charge is 2.31. The molecule has 0 atom stereocenters. The molecule has 4 nitrogen and oxygen atoms in total. The third-order valence-corrected chi connectivity index (χ3v) is 3.93. The summed E-state index contributed by atoms with van der Waals surface area (Å²) in [4.78, 5) is 15.2. The second kappa shape index (κ2) is 7.67. The number of alkyl halides is 3. The van der Waals surface area contributed by atoms with Gasteiger partial charge in [-0.25, -0.2) is 9.18 Å². The van der Waals surface area contributed by atoms with Crippen molar-refractivity contribution in [2.45, 2.75) is 12.8 Å². The van der Waals surface area contributed by atoms with Crippen molar-refractivity contribution in [3.63, 3.8) is 0 Å². The molecule has 1 N–H and O–H groups in total. The highest BCUT2D eigenvalue weighted by atomic mass is 19.4. The lowest BCUT2D eigenvalue weighted by molar-refractivity contribution is -0.274. The van der Waals surface area contributed by atoms with Gasteiger partial charge in [-0.15, -0.1) is 13.2 Å². The molecule has 2 aromatic carbocycles. The second-order valence-corrected chi connectivity index (χ2v) is 5.86. The number of carboxylic acid groups (broad SMARTS) is 1. The third kappa shape index (κ3) is 4.64. The largest absolute Gasteiger partial charge is 0.573 e. The van der Waals surface area contributed by atoms with Crippen molar-refractivity contribution in [1.29, 1.82) is 0 Å². The number of benzene rings is 2. The number of nitrogens with zero attached hydrogens (tertiary/aromatic N) is 1. The van der Waals surface area contributed by atoms with Crippen LogP contribution in [0.25, 0.3) is 11.1 Å². The van der Waals surface area contributed by atoms with Crippen LogP contribution in [0.5, 0.6) is 5.75 Å². The molecule has 0 aliphatic heterocycles. The van der Waals surface area contributed by atoms with Crippen LogP contribution >= 0.6 is 0 Å². The van der Waals surface area contributed by atoms with E-state index < -0.39 is 23.9 Å². The Morgan fingerprint density at radius 2 is 1.79 bits per heavy atom. The van der Waals surface area contributed by atoms with E-state index in [4.69, 9.17) is 0 Å². The summed E-state index contributed by atoms with van der Waals surface area (Å²) >= 11 is 0. The highest BCUT2D eigenvalue weighted by Crippen LogP contribution is 2.29. The molecule has 1 heterocycles. The molecular formula is C20H13F4NO3. The number of halogens is 4. The summed E-state index contributed by atoms with van der Waals surface area (Å²) in [7, 11) is 0. The Balaban J connectivity index is 1.88. The first-order valence-electron chi connectivity index (χ1n) is 8.05. The smallest absolute Gasteiger partial charge is 0.478 e. The minimum atomic E-state index is -4.82. The molecule has 0 saturated heterocycles. The topological polar surface area (TPSA) is 59.4 Å². The van der Waals surface area contributed by atoms with E-state index in [1.54, 1.807) is 0 Å². The summed E-state index contributed by atoms with van der Waals surface area (Å²) in [6.07, 6.45) is -3.44. The molecule has 0 saturated carbocycles. The molecular weight excluding hydrogens is 378 g/mol. The number of aromatic nitrogens is 1. The molecule has 0 aliphatic carbocycles. The SMILES string of the molecule is O=C(O)c1cccnc1Cc1ccc(-c2cccc(OC(F)(F)F)c2)cc1F. The van der Waals surface area contributed by atoms with E-state index >= 15 is 0 Å². The second-order valence-electron chi connectivity index (χ2n) is 5.86. The Morgan fingerprint density at radius 1 is 1.04 bits per heavy atom. The van der Waals surface area contributed by atoms with Gasteiger partial charge in [0.2, 0.25) is 0 Å². The number of carboxylic acids is 1. The number of hydrogen-bond acceptors (Lipinski definition) is 3. The molecule has 28 heavy (non-hydrogen) atoms. The molecule has 0 unspecified atom stereocenters. The number of pyridine rings is 1. The quantitative estimate of drug-likeness (QED) is 0.617. The van der Waals surface area contributed by atoms with Crippen LogP contribution in [-0.2, 0) is 6.42 Å². The molecule has 0 spiro atoms. The van der Waals surface area contributed by atoms with Gasteiger partial charge in [-0.2, -0.15) is 0 Å². The van der Waals surface area contributed by atoms with Crippen LogP contribution in [0.1, 0.15) is 21.6 Å². The Bertz CT molecular complexity index is 1020. The summed E-state index contributed by atoms with van der Waals surface area (Å²) in [5, 5.41) is 9.19. The van der Waals surface area contributed by atoms with Crippen LogP contribution in [0.2, 0.25) is 0 Å². The summed E-state index contributed by atoms with van der Waals surface area (Å²) in [5.74, 6) is -2.20. The normalized spacial score (nSPS) is 11.3. The van der Waals surface area contributed by atoms with Gasteiger partial charge >= 0.3 is 12.3 Å². The lowest BCUT2D eigenvalue weighted by atomic mass is 10.00. The molecule has 0 amide bonds. The third-order valence-electron chi connectivity index (χ3n) is 3.93. The summed E-state index contributed by atoms with van der Waals surface area (Å²) in [5.41, 5.74) is 1.10. The van der Waals surface area contributed by atoms with Gasteiger partial charge in [-0.3, -0.25) is 4.98 Å². The van der Waals surface area contributed by atoms with Crippen molar-refractivity contribution in [3.05, 3.63) is 83.4 Å². The zero-order valence-electron chi connectivity index (χ0n) is 14.2. The molecule has 8 heteroatoms. The molecule has 0 aliphatic rings. The van der Waals surface area contributed by atoms with Gasteiger partial charge < -0.3 is 9.84 Å². The Labute approximate surface area is 157 Å². The zero-order chi connectivity index (χ0) is 20.3. The first-order chi connectivity index (χ1) is 13.2. The summed E-state index contributed by atoms with van der Waals surface area (Å²) in [6, 6.07) is 12.2. The summed E-state index contributed by atoms with van der Waals surface area (Å²) < 4.78 is 55.5. The first kappa shape index (κ1) is 19.3. The van der Waals surface area contributed by atoms with Gasteiger partial charge in [0.05, 0.1) is 11.3 Å². The van der Waals surface area contributed by atoms with E-state index in [0.29, 0.717) is 11.1 Å². The molecule has 3 aromatic rings. The van der Waals surface area contributed by atoms with E-state index in [-0.39, 0.29) is 23.2 Å². The van der Waals surface area contributed by atoms with Gasteiger partial charge in [0, 0.05) is 12.6 Å². The number of ether oxygens (including phenoxy) is 1. The minimum Gasteiger partial charge on any atom is -0.478 e. The van der Waals surface area contributed by atoms with Crippen LogP contribution in [0.15, 0.2) is 60.8 Å². The Hall–Kier alpha value is -3.42. The van der Waals surface area contributed by atoms with Gasteiger partial charge in [-0.05, 0) is 47.0 Å². The maximum Gasteiger partial charge on any atom is 0.573 e. The van der Waals surface area contributed by atoms with Crippen molar-refractivity contribution in [2.75, 3.05) is 0 Å². The lowest BCUT2D eigenvalue weighted by Crippen LogP contribution is -2.17. The van der Waals surface area contributed by atoms with Crippen molar-refractivity contribution in [2.24, 2.45) is 0 Å². The molecule has 0 bridgehead atoms.